The summed E-state index contributed by atoms with van der Waals surface area (Å²) >= 11 is 7.87. The summed E-state index contributed by atoms with van der Waals surface area (Å²) in [6.45, 7) is 5.31. The molecule has 0 N–H and O–H groups in total. The third kappa shape index (κ3) is 3.11. The summed E-state index contributed by atoms with van der Waals surface area (Å²) in [6.07, 6.45) is 1.75. The number of nitrogens with zero attached hydrogens (tertiary/aromatic N) is 3. The molecule has 2 aromatic rings. The highest BCUT2D eigenvalue weighted by Gasteiger charge is 2.17. The molecule has 0 aliphatic carbocycles. The minimum absolute atomic E-state index is 0.339. The zero-order valence-corrected chi connectivity index (χ0v) is 13.4. The summed E-state index contributed by atoms with van der Waals surface area (Å²) in [5.41, 5.74) is 1.08. The van der Waals surface area contributed by atoms with Gasteiger partial charge in [0.15, 0.2) is 16.7 Å². The molecule has 0 fully saturated rings. The summed E-state index contributed by atoms with van der Waals surface area (Å²) in [4.78, 5) is 0. The summed E-state index contributed by atoms with van der Waals surface area (Å²) in [5, 5.41) is 9.60. The molecule has 1 aromatic heterocycles. The van der Waals surface area contributed by atoms with Crippen LogP contribution in [0.4, 0.5) is 0 Å². The average Bonchev–Trinajstić information content (AvgIpc) is 2.94. The first-order valence-corrected chi connectivity index (χ1v) is 8.12. The number of fused-ring (bicyclic) bond motifs is 1. The lowest BCUT2D eigenvalue weighted by molar-refractivity contribution is 0.171. The molecular formula is C14H16ClN3O2S. The molecule has 2 heterocycles. The zero-order chi connectivity index (χ0) is 14.8. The Morgan fingerprint density at radius 3 is 2.95 bits per heavy atom. The van der Waals surface area contributed by atoms with Crippen molar-refractivity contribution in [1.82, 2.24) is 14.8 Å². The molecule has 21 heavy (non-hydrogen) atoms. The third-order valence-corrected chi connectivity index (χ3v) is 4.43. The van der Waals surface area contributed by atoms with E-state index in [1.807, 2.05) is 16.7 Å². The highest BCUT2D eigenvalue weighted by atomic mass is 35.5. The Bertz CT molecular complexity index is 645. The molecule has 5 nitrogen and oxygen atoms in total. The molecule has 7 heteroatoms. The molecule has 1 aliphatic heterocycles. The SMILES string of the molecule is CC(C)n1cnnc1SCc1cc(Cl)c2c(c1)OCCO2. The van der Waals surface area contributed by atoms with Crippen molar-refractivity contribution in [2.24, 2.45) is 0 Å². The molecule has 3 rings (SSSR count). The van der Waals surface area contributed by atoms with Crippen molar-refractivity contribution in [3.8, 4) is 11.5 Å². The van der Waals surface area contributed by atoms with Gasteiger partial charge in [-0.05, 0) is 31.5 Å². The molecule has 0 spiro atoms. The van der Waals surface area contributed by atoms with Gasteiger partial charge in [-0.15, -0.1) is 10.2 Å². The topological polar surface area (TPSA) is 49.2 Å². The van der Waals surface area contributed by atoms with E-state index in [4.69, 9.17) is 21.1 Å². The molecule has 0 unspecified atom stereocenters. The van der Waals surface area contributed by atoms with Crippen LogP contribution in [-0.2, 0) is 5.75 Å². The van der Waals surface area contributed by atoms with Crippen molar-refractivity contribution in [2.45, 2.75) is 30.8 Å². The maximum atomic E-state index is 6.24. The molecule has 0 radical (unpaired) electrons. The van der Waals surface area contributed by atoms with Crippen LogP contribution in [0.15, 0.2) is 23.6 Å². The van der Waals surface area contributed by atoms with Crippen molar-refractivity contribution in [3.05, 3.63) is 29.0 Å². The lowest BCUT2D eigenvalue weighted by atomic mass is 10.2. The Morgan fingerprint density at radius 1 is 1.33 bits per heavy atom. The maximum Gasteiger partial charge on any atom is 0.191 e. The monoisotopic (exact) mass is 325 g/mol. The standard InChI is InChI=1S/C14H16ClN3O2S/c1-9(2)18-8-16-17-14(18)21-7-10-5-11(15)13-12(6-10)19-3-4-20-13/h5-6,8-9H,3-4,7H2,1-2H3. The second-order valence-electron chi connectivity index (χ2n) is 5.01. The first-order chi connectivity index (χ1) is 10.1. The van der Waals surface area contributed by atoms with Crippen LogP contribution in [0.2, 0.25) is 5.02 Å². The Balaban J connectivity index is 1.76. The van der Waals surface area contributed by atoms with Gasteiger partial charge >= 0.3 is 0 Å². The highest BCUT2D eigenvalue weighted by Crippen LogP contribution is 2.39. The van der Waals surface area contributed by atoms with E-state index >= 15 is 0 Å². The van der Waals surface area contributed by atoms with Crippen LogP contribution >= 0.6 is 23.4 Å². The van der Waals surface area contributed by atoms with Gasteiger partial charge in [0.2, 0.25) is 0 Å². The number of aromatic nitrogens is 3. The van der Waals surface area contributed by atoms with Crippen LogP contribution in [0.3, 0.4) is 0 Å². The van der Waals surface area contributed by atoms with E-state index in [0.717, 1.165) is 22.2 Å². The maximum absolute atomic E-state index is 6.24. The molecular weight excluding hydrogens is 310 g/mol. The van der Waals surface area contributed by atoms with Gasteiger partial charge in [0.05, 0.1) is 5.02 Å². The Labute approximate surface area is 132 Å². The fourth-order valence-electron chi connectivity index (χ4n) is 2.08. The number of hydrogen-bond donors (Lipinski definition) is 0. The van der Waals surface area contributed by atoms with E-state index in [1.54, 1.807) is 18.1 Å². The van der Waals surface area contributed by atoms with E-state index in [1.165, 1.54) is 0 Å². The summed E-state index contributed by atoms with van der Waals surface area (Å²) in [5.74, 6) is 2.11. The van der Waals surface area contributed by atoms with Gasteiger partial charge in [-0.2, -0.15) is 0 Å². The van der Waals surface area contributed by atoms with E-state index in [0.29, 0.717) is 30.0 Å². The number of ether oxygens (including phenoxy) is 2. The van der Waals surface area contributed by atoms with Gasteiger partial charge in [0, 0.05) is 11.8 Å². The van der Waals surface area contributed by atoms with Crippen molar-refractivity contribution in [2.75, 3.05) is 13.2 Å². The molecule has 1 aliphatic rings. The third-order valence-electron chi connectivity index (χ3n) is 3.12. The van der Waals surface area contributed by atoms with Crippen LogP contribution in [0, 0.1) is 0 Å². The van der Waals surface area contributed by atoms with Gasteiger partial charge < -0.3 is 14.0 Å². The minimum Gasteiger partial charge on any atom is -0.486 e. The van der Waals surface area contributed by atoms with Gasteiger partial charge in [0.1, 0.15) is 19.5 Å². The molecule has 0 bridgehead atoms. The largest absolute Gasteiger partial charge is 0.486 e. The van der Waals surface area contributed by atoms with Gasteiger partial charge in [-0.1, -0.05) is 23.4 Å². The summed E-state index contributed by atoms with van der Waals surface area (Å²) in [6, 6.07) is 4.23. The molecule has 0 saturated carbocycles. The zero-order valence-electron chi connectivity index (χ0n) is 11.9. The van der Waals surface area contributed by atoms with Crippen LogP contribution in [-0.4, -0.2) is 28.0 Å². The molecule has 0 atom stereocenters. The van der Waals surface area contributed by atoms with Crippen molar-refractivity contribution in [1.29, 1.82) is 0 Å². The van der Waals surface area contributed by atoms with Gasteiger partial charge in [-0.25, -0.2) is 0 Å². The first kappa shape index (κ1) is 14.5. The van der Waals surface area contributed by atoms with E-state index in [-0.39, 0.29) is 0 Å². The van der Waals surface area contributed by atoms with E-state index in [2.05, 4.69) is 24.0 Å². The number of halogens is 1. The summed E-state index contributed by atoms with van der Waals surface area (Å²) in [7, 11) is 0. The van der Waals surface area contributed by atoms with Crippen LogP contribution in [0.25, 0.3) is 0 Å². The van der Waals surface area contributed by atoms with Crippen LogP contribution < -0.4 is 9.47 Å². The Kier molecular flexibility index (Phi) is 4.26. The fourth-order valence-corrected chi connectivity index (χ4v) is 3.35. The minimum atomic E-state index is 0.339. The number of rotatable bonds is 4. The normalized spacial score (nSPS) is 13.7. The van der Waals surface area contributed by atoms with E-state index < -0.39 is 0 Å². The molecule has 112 valence electrons. The predicted octanol–water partition coefficient (Wildman–Crippen LogP) is 3.58. The van der Waals surface area contributed by atoms with Gasteiger partial charge in [-0.3, -0.25) is 0 Å². The molecule has 0 saturated heterocycles. The van der Waals surface area contributed by atoms with Gasteiger partial charge in [0.25, 0.3) is 0 Å². The van der Waals surface area contributed by atoms with Crippen LogP contribution in [0.5, 0.6) is 11.5 Å². The van der Waals surface area contributed by atoms with Crippen molar-refractivity contribution in [3.63, 3.8) is 0 Å². The lowest BCUT2D eigenvalue weighted by Crippen LogP contribution is -2.15. The molecule has 1 aromatic carbocycles. The molecule has 0 amide bonds. The number of benzene rings is 1. The quantitative estimate of drug-likeness (QED) is 0.804. The first-order valence-electron chi connectivity index (χ1n) is 6.75. The second-order valence-corrected chi connectivity index (χ2v) is 6.35. The number of hydrogen-bond acceptors (Lipinski definition) is 5. The Hall–Kier alpha value is -1.40. The van der Waals surface area contributed by atoms with Crippen LogP contribution in [0.1, 0.15) is 25.5 Å². The van der Waals surface area contributed by atoms with Crippen molar-refractivity contribution < 1.29 is 9.47 Å². The lowest BCUT2D eigenvalue weighted by Gasteiger charge is -2.20. The number of thioether (sulfide) groups is 1. The highest BCUT2D eigenvalue weighted by molar-refractivity contribution is 7.98. The Morgan fingerprint density at radius 2 is 2.14 bits per heavy atom. The smallest absolute Gasteiger partial charge is 0.191 e. The fraction of sp³-hybridized carbons (Fsp3) is 0.429. The second kappa shape index (κ2) is 6.15. The predicted molar refractivity (Wildman–Crippen MR) is 82.4 cm³/mol. The van der Waals surface area contributed by atoms with E-state index in [9.17, 15) is 0 Å². The average molecular weight is 326 g/mol. The van der Waals surface area contributed by atoms with Crippen molar-refractivity contribution >= 4 is 23.4 Å². The summed E-state index contributed by atoms with van der Waals surface area (Å²) < 4.78 is 13.2.